The van der Waals surface area contributed by atoms with Crippen LogP contribution >= 0.6 is 7.60 Å². The number of hydrogen-bond donors (Lipinski definition) is 0. The van der Waals surface area contributed by atoms with E-state index in [1.807, 2.05) is 30.3 Å². The molecule has 0 N–H and O–H groups in total. The molecule has 1 rings (SSSR count). The molecule has 0 aliphatic rings. The van der Waals surface area contributed by atoms with Crippen LogP contribution in [0.4, 0.5) is 0 Å². The van der Waals surface area contributed by atoms with E-state index in [2.05, 4.69) is 5.16 Å². The molecule has 0 aliphatic carbocycles. The zero-order chi connectivity index (χ0) is 14.7. The molecule has 0 aromatic heterocycles. The first kappa shape index (κ1) is 16.9. The molecule has 0 bridgehead atoms. The molecule has 1 aromatic carbocycles. The van der Waals surface area contributed by atoms with E-state index in [0.29, 0.717) is 32.4 Å². The number of oxime groups is 1. The van der Waals surface area contributed by atoms with Gasteiger partial charge in [0, 0.05) is 6.21 Å². The van der Waals surface area contributed by atoms with Gasteiger partial charge in [-0.25, -0.2) is 0 Å². The normalized spacial score (nSPS) is 11.9. The summed E-state index contributed by atoms with van der Waals surface area (Å²) in [7, 11) is -2.97. The van der Waals surface area contributed by atoms with E-state index in [1.54, 1.807) is 20.1 Å². The van der Waals surface area contributed by atoms with E-state index in [-0.39, 0.29) is 0 Å². The lowest BCUT2D eigenvalue weighted by Gasteiger charge is -2.15. The van der Waals surface area contributed by atoms with Gasteiger partial charge in [-0.2, -0.15) is 0 Å². The molecule has 1 aromatic rings. The Kier molecular flexibility index (Phi) is 8.19. The third kappa shape index (κ3) is 6.85. The first-order valence-corrected chi connectivity index (χ1v) is 8.49. The van der Waals surface area contributed by atoms with Crippen molar-refractivity contribution in [1.82, 2.24) is 0 Å². The van der Waals surface area contributed by atoms with Gasteiger partial charge in [-0.15, -0.1) is 0 Å². The second kappa shape index (κ2) is 9.70. The molecule has 0 fully saturated rings. The molecule has 112 valence electrons. The van der Waals surface area contributed by atoms with Crippen LogP contribution < -0.4 is 0 Å². The zero-order valence-electron chi connectivity index (χ0n) is 12.0. The van der Waals surface area contributed by atoms with Crippen LogP contribution in [0, 0.1) is 0 Å². The van der Waals surface area contributed by atoms with Gasteiger partial charge >= 0.3 is 7.60 Å². The molecule has 5 nitrogen and oxygen atoms in total. The van der Waals surface area contributed by atoms with Crippen molar-refractivity contribution < 1.29 is 18.5 Å². The van der Waals surface area contributed by atoms with Gasteiger partial charge in [0.15, 0.2) is 0 Å². The van der Waals surface area contributed by atoms with E-state index < -0.39 is 7.60 Å². The summed E-state index contributed by atoms with van der Waals surface area (Å²) < 4.78 is 22.5. The van der Waals surface area contributed by atoms with Crippen molar-refractivity contribution >= 4 is 13.8 Å². The van der Waals surface area contributed by atoms with Crippen molar-refractivity contribution in [3.05, 3.63) is 35.9 Å². The molecule has 0 saturated carbocycles. The van der Waals surface area contributed by atoms with Crippen LogP contribution in [0.5, 0.6) is 0 Å². The van der Waals surface area contributed by atoms with Crippen LogP contribution in [0.25, 0.3) is 0 Å². The molecule has 0 radical (unpaired) electrons. The summed E-state index contributed by atoms with van der Waals surface area (Å²) >= 11 is 0. The van der Waals surface area contributed by atoms with E-state index in [1.165, 1.54) is 0 Å². The van der Waals surface area contributed by atoms with Gasteiger partial charge in [0.25, 0.3) is 0 Å². The Bertz CT molecular complexity index is 426. The largest absolute Gasteiger partial charge is 0.391 e. The number of benzene rings is 1. The molecule has 0 saturated heterocycles. The fourth-order valence-electron chi connectivity index (χ4n) is 1.57. The van der Waals surface area contributed by atoms with Crippen LogP contribution in [0.1, 0.15) is 25.8 Å². The maximum atomic E-state index is 12.1. The van der Waals surface area contributed by atoms with Crippen LogP contribution in [0.15, 0.2) is 35.5 Å². The standard InChI is InChI=1S/C14H22NO4P/c1-3-18-20(16,19-4-2)12-8-11-15-17-13-14-9-6-5-7-10-14/h5-7,9-11H,3-4,8,12-13H2,1-2H3/b15-11+. The third-order valence-corrected chi connectivity index (χ3v) is 4.52. The lowest BCUT2D eigenvalue weighted by Crippen LogP contribution is -2.00. The Morgan fingerprint density at radius 1 is 1.15 bits per heavy atom. The summed E-state index contributed by atoms with van der Waals surface area (Å²) in [6.07, 6.45) is 2.40. The summed E-state index contributed by atoms with van der Waals surface area (Å²) in [5, 5.41) is 3.83. The Hall–Kier alpha value is -1.16. The Balaban J connectivity index is 2.25. The van der Waals surface area contributed by atoms with Crippen molar-refractivity contribution in [2.45, 2.75) is 26.9 Å². The van der Waals surface area contributed by atoms with Crippen LogP contribution in [-0.2, 0) is 25.1 Å². The highest BCUT2D eigenvalue weighted by atomic mass is 31.2. The molecule has 0 heterocycles. The fourth-order valence-corrected chi connectivity index (χ4v) is 3.12. The van der Waals surface area contributed by atoms with Crippen molar-refractivity contribution in [2.75, 3.05) is 19.4 Å². The summed E-state index contributed by atoms with van der Waals surface area (Å²) in [4.78, 5) is 5.15. The molecule has 0 unspecified atom stereocenters. The topological polar surface area (TPSA) is 57.1 Å². The number of nitrogens with zero attached hydrogens (tertiary/aromatic N) is 1. The average Bonchev–Trinajstić information content (AvgIpc) is 2.44. The minimum atomic E-state index is -2.97. The zero-order valence-corrected chi connectivity index (χ0v) is 12.9. The Labute approximate surface area is 120 Å². The van der Waals surface area contributed by atoms with Gasteiger partial charge < -0.3 is 13.9 Å². The van der Waals surface area contributed by atoms with Gasteiger partial charge in [-0.1, -0.05) is 35.5 Å². The Morgan fingerprint density at radius 3 is 2.40 bits per heavy atom. The maximum Gasteiger partial charge on any atom is 0.331 e. The van der Waals surface area contributed by atoms with E-state index in [4.69, 9.17) is 13.9 Å². The van der Waals surface area contributed by atoms with Crippen LogP contribution in [-0.4, -0.2) is 25.6 Å². The summed E-state index contributed by atoms with van der Waals surface area (Å²) in [5.41, 5.74) is 1.05. The second-order valence-corrected chi connectivity index (χ2v) is 6.19. The first-order valence-electron chi connectivity index (χ1n) is 6.76. The molecule has 0 spiro atoms. The van der Waals surface area contributed by atoms with E-state index >= 15 is 0 Å². The molecule has 6 heteroatoms. The number of hydrogen-bond acceptors (Lipinski definition) is 5. The van der Waals surface area contributed by atoms with Gasteiger partial charge in [-0.3, -0.25) is 4.57 Å². The average molecular weight is 299 g/mol. The smallest absolute Gasteiger partial charge is 0.331 e. The monoisotopic (exact) mass is 299 g/mol. The predicted molar refractivity (Wildman–Crippen MR) is 80.1 cm³/mol. The summed E-state index contributed by atoms with van der Waals surface area (Å²) in [6, 6.07) is 9.78. The SMILES string of the molecule is CCOP(=O)(CC/C=N/OCc1ccccc1)OCC. The fraction of sp³-hybridized carbons (Fsp3) is 0.500. The lowest BCUT2D eigenvalue weighted by atomic mass is 10.2. The minimum absolute atomic E-state index is 0.312. The quantitative estimate of drug-likeness (QED) is 0.374. The molecule has 0 atom stereocenters. The van der Waals surface area contributed by atoms with Gasteiger partial charge in [-0.05, 0) is 25.8 Å². The van der Waals surface area contributed by atoms with Crippen molar-refractivity contribution in [3.8, 4) is 0 Å². The summed E-state index contributed by atoms with van der Waals surface area (Å²) in [5.74, 6) is 0. The molecular weight excluding hydrogens is 277 g/mol. The highest BCUT2D eigenvalue weighted by molar-refractivity contribution is 7.53. The third-order valence-electron chi connectivity index (χ3n) is 2.41. The van der Waals surface area contributed by atoms with Crippen LogP contribution in [0.3, 0.4) is 0 Å². The van der Waals surface area contributed by atoms with Gasteiger partial charge in [0.05, 0.1) is 19.4 Å². The molecular formula is C14H22NO4P. The molecule has 20 heavy (non-hydrogen) atoms. The van der Waals surface area contributed by atoms with Gasteiger partial charge in [0.2, 0.25) is 0 Å². The number of rotatable bonds is 10. The highest BCUT2D eigenvalue weighted by Crippen LogP contribution is 2.48. The van der Waals surface area contributed by atoms with Crippen molar-refractivity contribution in [2.24, 2.45) is 5.16 Å². The Morgan fingerprint density at radius 2 is 1.80 bits per heavy atom. The van der Waals surface area contributed by atoms with E-state index in [9.17, 15) is 4.57 Å². The van der Waals surface area contributed by atoms with Crippen LogP contribution in [0.2, 0.25) is 0 Å². The van der Waals surface area contributed by atoms with Crippen molar-refractivity contribution in [3.63, 3.8) is 0 Å². The molecule has 0 aliphatic heterocycles. The second-order valence-electron chi connectivity index (χ2n) is 4.01. The first-order chi connectivity index (χ1) is 9.70. The van der Waals surface area contributed by atoms with Gasteiger partial charge in [0.1, 0.15) is 6.61 Å². The molecule has 0 amide bonds. The minimum Gasteiger partial charge on any atom is -0.391 e. The highest BCUT2D eigenvalue weighted by Gasteiger charge is 2.21. The van der Waals surface area contributed by atoms with E-state index in [0.717, 1.165) is 5.56 Å². The summed E-state index contributed by atoms with van der Waals surface area (Å²) in [6.45, 7) is 4.76. The maximum absolute atomic E-state index is 12.1. The van der Waals surface area contributed by atoms with Crippen molar-refractivity contribution in [1.29, 1.82) is 0 Å². The lowest BCUT2D eigenvalue weighted by molar-refractivity contribution is 0.131. The predicted octanol–water partition coefficient (Wildman–Crippen LogP) is 3.85.